The van der Waals surface area contributed by atoms with Crippen LogP contribution in [-0.2, 0) is 0 Å². The number of halogens is 1. The van der Waals surface area contributed by atoms with Crippen LogP contribution in [0.3, 0.4) is 0 Å². The molecule has 0 saturated heterocycles. The highest BCUT2D eigenvalue weighted by molar-refractivity contribution is 6.33. The maximum atomic E-state index is 12.0. The normalized spacial score (nSPS) is 10.2. The van der Waals surface area contributed by atoms with E-state index in [-0.39, 0.29) is 16.5 Å². The Morgan fingerprint density at radius 2 is 2.16 bits per heavy atom. The van der Waals surface area contributed by atoms with Crippen molar-refractivity contribution >= 4 is 29.2 Å². The standard InChI is InChI=1S/C12H9ClN2O4/c1-15(11(16)7-5-14-19-6-7)8-2-3-9(12(17)18)10(13)4-8/h2-6H,1H3,(H,17,18). The van der Waals surface area contributed by atoms with Crippen molar-refractivity contribution in [3.63, 3.8) is 0 Å². The summed E-state index contributed by atoms with van der Waals surface area (Å²) in [4.78, 5) is 24.2. The first-order valence-electron chi connectivity index (χ1n) is 5.21. The summed E-state index contributed by atoms with van der Waals surface area (Å²) >= 11 is 5.85. The average Bonchev–Trinajstić information content (AvgIpc) is 2.90. The lowest BCUT2D eigenvalue weighted by atomic mass is 10.2. The van der Waals surface area contributed by atoms with Crippen molar-refractivity contribution in [2.75, 3.05) is 11.9 Å². The maximum Gasteiger partial charge on any atom is 0.337 e. The summed E-state index contributed by atoms with van der Waals surface area (Å²) in [5.74, 6) is -1.45. The highest BCUT2D eigenvalue weighted by atomic mass is 35.5. The molecule has 0 fully saturated rings. The number of aromatic carboxylic acids is 1. The van der Waals surface area contributed by atoms with Crippen molar-refractivity contribution in [1.82, 2.24) is 5.16 Å². The number of anilines is 1. The van der Waals surface area contributed by atoms with Gasteiger partial charge in [-0.15, -0.1) is 0 Å². The third-order valence-corrected chi connectivity index (χ3v) is 2.87. The van der Waals surface area contributed by atoms with Crippen LogP contribution in [0, 0.1) is 0 Å². The second kappa shape index (κ2) is 5.11. The lowest BCUT2D eigenvalue weighted by molar-refractivity contribution is 0.0697. The summed E-state index contributed by atoms with van der Waals surface area (Å²) in [6.45, 7) is 0. The molecule has 7 heteroatoms. The molecule has 0 saturated carbocycles. The molecule has 1 amide bonds. The van der Waals surface area contributed by atoms with Crippen molar-refractivity contribution in [2.45, 2.75) is 0 Å². The van der Waals surface area contributed by atoms with E-state index in [0.29, 0.717) is 11.3 Å². The van der Waals surface area contributed by atoms with Crippen molar-refractivity contribution < 1.29 is 19.2 Å². The molecule has 0 unspecified atom stereocenters. The van der Waals surface area contributed by atoms with E-state index in [1.54, 1.807) is 7.05 Å². The van der Waals surface area contributed by atoms with E-state index in [9.17, 15) is 9.59 Å². The van der Waals surface area contributed by atoms with Gasteiger partial charge in [-0.25, -0.2) is 4.79 Å². The van der Waals surface area contributed by atoms with Gasteiger partial charge >= 0.3 is 5.97 Å². The van der Waals surface area contributed by atoms with Gasteiger partial charge in [0.2, 0.25) is 0 Å². The zero-order chi connectivity index (χ0) is 14.0. The van der Waals surface area contributed by atoms with Gasteiger partial charge in [-0.05, 0) is 18.2 Å². The summed E-state index contributed by atoms with van der Waals surface area (Å²) < 4.78 is 4.59. The Kier molecular flexibility index (Phi) is 3.52. The zero-order valence-corrected chi connectivity index (χ0v) is 10.6. The topological polar surface area (TPSA) is 83.6 Å². The minimum absolute atomic E-state index is 0.0174. The second-order valence-corrected chi connectivity index (χ2v) is 4.15. The van der Waals surface area contributed by atoms with Gasteiger partial charge in [0.15, 0.2) is 0 Å². The summed E-state index contributed by atoms with van der Waals surface area (Å²) in [5.41, 5.74) is 0.748. The number of carbonyl (C=O) groups excluding carboxylic acids is 1. The number of amides is 1. The minimum Gasteiger partial charge on any atom is -0.478 e. The predicted octanol–water partition coefficient (Wildman–Crippen LogP) is 2.30. The van der Waals surface area contributed by atoms with Crippen LogP contribution in [0.25, 0.3) is 0 Å². The van der Waals surface area contributed by atoms with Crippen molar-refractivity contribution in [2.24, 2.45) is 0 Å². The van der Waals surface area contributed by atoms with Crippen molar-refractivity contribution in [3.8, 4) is 0 Å². The monoisotopic (exact) mass is 280 g/mol. The number of aromatic nitrogens is 1. The molecule has 0 aliphatic rings. The van der Waals surface area contributed by atoms with E-state index >= 15 is 0 Å². The largest absolute Gasteiger partial charge is 0.478 e. The molecule has 1 N–H and O–H groups in total. The first kappa shape index (κ1) is 13.1. The quantitative estimate of drug-likeness (QED) is 0.932. The highest BCUT2D eigenvalue weighted by Crippen LogP contribution is 2.24. The Morgan fingerprint density at radius 3 is 2.68 bits per heavy atom. The molecule has 0 aliphatic heterocycles. The van der Waals surface area contributed by atoms with Crippen molar-refractivity contribution in [1.29, 1.82) is 0 Å². The molecule has 0 spiro atoms. The maximum absolute atomic E-state index is 12.0. The van der Waals surface area contributed by atoms with E-state index in [2.05, 4.69) is 9.68 Å². The van der Waals surface area contributed by atoms with Crippen molar-refractivity contribution in [3.05, 3.63) is 46.8 Å². The molecule has 6 nitrogen and oxygen atoms in total. The Labute approximate surface area is 113 Å². The van der Waals surface area contributed by atoms with Crippen LogP contribution in [0.15, 0.2) is 35.2 Å². The summed E-state index contributed by atoms with van der Waals surface area (Å²) in [7, 11) is 1.54. The molecule has 19 heavy (non-hydrogen) atoms. The van der Waals surface area contributed by atoms with Gasteiger partial charge in [-0.2, -0.15) is 0 Å². The fourth-order valence-corrected chi connectivity index (χ4v) is 1.76. The molecule has 0 aliphatic carbocycles. The zero-order valence-electron chi connectivity index (χ0n) is 9.83. The van der Waals surface area contributed by atoms with Crippen LogP contribution in [0.5, 0.6) is 0 Å². The van der Waals surface area contributed by atoms with E-state index in [4.69, 9.17) is 16.7 Å². The van der Waals surface area contributed by atoms with Gasteiger partial charge in [-0.3, -0.25) is 4.79 Å². The molecule has 0 radical (unpaired) electrons. The molecular weight excluding hydrogens is 272 g/mol. The molecule has 1 heterocycles. The fraction of sp³-hybridized carbons (Fsp3) is 0.0833. The molecule has 0 bridgehead atoms. The Balaban J connectivity index is 2.30. The van der Waals surface area contributed by atoms with E-state index < -0.39 is 5.97 Å². The Morgan fingerprint density at radius 1 is 1.42 bits per heavy atom. The Bertz CT molecular complexity index is 625. The fourth-order valence-electron chi connectivity index (χ4n) is 1.51. The SMILES string of the molecule is CN(C(=O)c1cnoc1)c1ccc(C(=O)O)c(Cl)c1. The summed E-state index contributed by atoms with van der Waals surface area (Å²) in [5, 5.41) is 12.4. The van der Waals surface area contributed by atoms with Crippen LogP contribution in [0.2, 0.25) is 5.02 Å². The van der Waals surface area contributed by atoms with E-state index in [0.717, 1.165) is 0 Å². The number of rotatable bonds is 3. The van der Waals surface area contributed by atoms with E-state index in [1.165, 1.54) is 35.6 Å². The lowest BCUT2D eigenvalue weighted by Crippen LogP contribution is -2.25. The summed E-state index contributed by atoms with van der Waals surface area (Å²) in [6, 6.07) is 4.26. The van der Waals surface area contributed by atoms with Gasteiger partial charge in [0.1, 0.15) is 6.26 Å². The third-order valence-electron chi connectivity index (χ3n) is 2.55. The van der Waals surface area contributed by atoms with Crippen LogP contribution >= 0.6 is 11.6 Å². The molecule has 98 valence electrons. The molecular formula is C12H9ClN2O4. The molecule has 2 rings (SSSR count). The van der Waals surface area contributed by atoms with Crippen LogP contribution < -0.4 is 4.90 Å². The minimum atomic E-state index is -1.12. The number of hydrogen-bond acceptors (Lipinski definition) is 4. The first-order valence-corrected chi connectivity index (χ1v) is 5.59. The summed E-state index contributed by atoms with van der Waals surface area (Å²) in [6.07, 6.45) is 2.53. The second-order valence-electron chi connectivity index (χ2n) is 3.75. The number of carboxylic acids is 1. The van der Waals surface area contributed by atoms with E-state index in [1.807, 2.05) is 0 Å². The van der Waals surface area contributed by atoms with Gasteiger partial charge in [0.05, 0.1) is 22.3 Å². The van der Waals surface area contributed by atoms with Crippen LogP contribution in [0.4, 0.5) is 5.69 Å². The highest BCUT2D eigenvalue weighted by Gasteiger charge is 2.17. The van der Waals surface area contributed by atoms with Gasteiger partial charge in [0, 0.05) is 12.7 Å². The number of carboxylic acid groups (broad SMARTS) is 1. The van der Waals surface area contributed by atoms with Crippen LogP contribution in [0.1, 0.15) is 20.7 Å². The van der Waals surface area contributed by atoms with Crippen LogP contribution in [-0.4, -0.2) is 29.2 Å². The van der Waals surface area contributed by atoms with Gasteiger partial charge in [-0.1, -0.05) is 16.8 Å². The van der Waals surface area contributed by atoms with Gasteiger partial charge in [0.25, 0.3) is 5.91 Å². The predicted molar refractivity (Wildman–Crippen MR) is 67.6 cm³/mol. The molecule has 0 atom stereocenters. The number of hydrogen-bond donors (Lipinski definition) is 1. The average molecular weight is 281 g/mol. The Hall–Kier alpha value is -2.34. The molecule has 1 aromatic carbocycles. The number of carbonyl (C=O) groups is 2. The smallest absolute Gasteiger partial charge is 0.337 e. The number of nitrogens with zero attached hydrogens (tertiary/aromatic N) is 2. The van der Waals surface area contributed by atoms with Gasteiger partial charge < -0.3 is 14.5 Å². The molecule has 2 aromatic rings. The number of benzene rings is 1. The third kappa shape index (κ3) is 2.58. The lowest BCUT2D eigenvalue weighted by Gasteiger charge is -2.16. The molecule has 1 aromatic heterocycles. The first-order chi connectivity index (χ1) is 9.00.